The molecule has 0 bridgehead atoms. The zero-order valence-electron chi connectivity index (χ0n) is 17.7. The highest BCUT2D eigenvalue weighted by molar-refractivity contribution is 9.10. The number of nitrogens with zero attached hydrogens (tertiary/aromatic N) is 1. The second-order valence-electron chi connectivity index (χ2n) is 8.48. The van der Waals surface area contributed by atoms with Gasteiger partial charge >= 0.3 is 0 Å². The summed E-state index contributed by atoms with van der Waals surface area (Å²) in [7, 11) is 0. The molecule has 0 saturated heterocycles. The van der Waals surface area contributed by atoms with E-state index in [1.807, 2.05) is 12.4 Å². The normalized spacial score (nSPS) is 11.8. The average molecular weight is 484 g/mol. The highest BCUT2D eigenvalue weighted by Crippen LogP contribution is 2.57. The van der Waals surface area contributed by atoms with Gasteiger partial charge in [0.2, 0.25) is 0 Å². The Kier molecular flexibility index (Phi) is 4.06. The Labute approximate surface area is 200 Å². The first kappa shape index (κ1) is 18.8. The molecule has 1 aromatic heterocycles. The molecule has 154 valence electrons. The molecule has 1 aliphatic carbocycles. The van der Waals surface area contributed by atoms with Crippen LogP contribution in [0, 0.1) is 0 Å². The SMILES string of the molecule is Brc1ccc2c3c(cccc13)-c1c-2c(-c2ccccc2)c2ccncc2c1-c1ccccc1. The van der Waals surface area contributed by atoms with Crippen LogP contribution in [0.3, 0.4) is 0 Å². The largest absolute Gasteiger partial charge is 0.264 e. The van der Waals surface area contributed by atoms with Gasteiger partial charge in [0, 0.05) is 22.3 Å². The van der Waals surface area contributed by atoms with E-state index in [0.29, 0.717) is 0 Å². The standard InChI is InChI=1S/C31H18BrN/c32-26-15-14-24-29-22(26)12-7-13-23(29)30-28(20-10-5-2-6-11-20)25-18-33-17-16-21(25)27(31(24)30)19-8-3-1-4-9-19/h1-18H. The molecule has 0 aliphatic heterocycles. The van der Waals surface area contributed by atoms with Crippen LogP contribution in [0.25, 0.3) is 66.1 Å². The highest BCUT2D eigenvalue weighted by Gasteiger charge is 2.30. The topological polar surface area (TPSA) is 12.9 Å². The number of hydrogen-bond donors (Lipinski definition) is 0. The van der Waals surface area contributed by atoms with Gasteiger partial charge in [0.1, 0.15) is 0 Å². The van der Waals surface area contributed by atoms with Crippen LogP contribution in [0.5, 0.6) is 0 Å². The van der Waals surface area contributed by atoms with Crippen LogP contribution < -0.4 is 0 Å². The van der Waals surface area contributed by atoms with Crippen LogP contribution in [-0.2, 0) is 0 Å². The molecule has 6 aromatic rings. The van der Waals surface area contributed by atoms with Crippen LogP contribution in [0.15, 0.2) is 114 Å². The maximum atomic E-state index is 4.56. The first-order valence-electron chi connectivity index (χ1n) is 11.1. The van der Waals surface area contributed by atoms with Gasteiger partial charge in [-0.1, -0.05) is 101 Å². The van der Waals surface area contributed by atoms with Gasteiger partial charge in [-0.2, -0.15) is 0 Å². The lowest BCUT2D eigenvalue weighted by Crippen LogP contribution is -1.94. The molecule has 0 radical (unpaired) electrons. The molecule has 0 unspecified atom stereocenters. The Balaban J connectivity index is 1.78. The summed E-state index contributed by atoms with van der Waals surface area (Å²) in [5.41, 5.74) is 10.2. The predicted molar refractivity (Wildman–Crippen MR) is 142 cm³/mol. The molecule has 0 fully saturated rings. The summed E-state index contributed by atoms with van der Waals surface area (Å²) in [6.07, 6.45) is 3.94. The van der Waals surface area contributed by atoms with Crippen molar-refractivity contribution in [3.05, 3.63) is 114 Å². The van der Waals surface area contributed by atoms with Crippen molar-refractivity contribution >= 4 is 37.5 Å². The molecule has 1 heterocycles. The van der Waals surface area contributed by atoms with E-state index in [1.54, 1.807) is 0 Å². The lowest BCUT2D eigenvalue weighted by molar-refractivity contribution is 1.36. The Morgan fingerprint density at radius 2 is 1.12 bits per heavy atom. The third-order valence-electron chi connectivity index (χ3n) is 6.76. The molecule has 2 heteroatoms. The minimum Gasteiger partial charge on any atom is -0.264 e. The van der Waals surface area contributed by atoms with Gasteiger partial charge in [0.15, 0.2) is 0 Å². The van der Waals surface area contributed by atoms with E-state index in [4.69, 9.17) is 0 Å². The average Bonchev–Trinajstić information content (AvgIpc) is 3.21. The van der Waals surface area contributed by atoms with Gasteiger partial charge in [0.05, 0.1) is 0 Å². The van der Waals surface area contributed by atoms with Crippen molar-refractivity contribution in [2.75, 3.05) is 0 Å². The molecule has 33 heavy (non-hydrogen) atoms. The van der Waals surface area contributed by atoms with Gasteiger partial charge in [-0.05, 0) is 72.8 Å². The highest BCUT2D eigenvalue weighted by atomic mass is 79.9. The summed E-state index contributed by atoms with van der Waals surface area (Å²) in [6.45, 7) is 0. The smallest absolute Gasteiger partial charge is 0.0353 e. The Bertz CT molecular complexity index is 1610. The number of rotatable bonds is 2. The number of pyridine rings is 1. The minimum absolute atomic E-state index is 1.13. The second kappa shape index (κ2) is 7.13. The van der Waals surface area contributed by atoms with E-state index in [-0.39, 0.29) is 0 Å². The lowest BCUT2D eigenvalue weighted by Gasteiger charge is -2.20. The number of fused-ring (bicyclic) bond motifs is 4. The molecule has 5 aromatic carbocycles. The van der Waals surface area contributed by atoms with E-state index in [0.717, 1.165) is 4.47 Å². The molecule has 1 nitrogen and oxygen atoms in total. The van der Waals surface area contributed by atoms with Gasteiger partial charge in [-0.3, -0.25) is 4.98 Å². The van der Waals surface area contributed by atoms with E-state index in [1.165, 1.54) is 66.1 Å². The van der Waals surface area contributed by atoms with E-state index in [2.05, 4.69) is 118 Å². The molecular formula is C31H18BrN. The summed E-state index contributed by atoms with van der Waals surface area (Å²) >= 11 is 3.80. The van der Waals surface area contributed by atoms with Crippen LogP contribution in [0.4, 0.5) is 0 Å². The maximum absolute atomic E-state index is 4.56. The van der Waals surface area contributed by atoms with Crippen molar-refractivity contribution in [2.45, 2.75) is 0 Å². The van der Waals surface area contributed by atoms with Crippen LogP contribution in [-0.4, -0.2) is 4.98 Å². The van der Waals surface area contributed by atoms with Crippen molar-refractivity contribution in [1.82, 2.24) is 4.98 Å². The number of benzene rings is 5. The fraction of sp³-hybridized carbons (Fsp3) is 0. The predicted octanol–water partition coefficient (Wildman–Crippen LogP) is 9.13. The van der Waals surface area contributed by atoms with Crippen molar-refractivity contribution < 1.29 is 0 Å². The summed E-state index contributed by atoms with van der Waals surface area (Å²) in [4.78, 5) is 4.56. The zero-order chi connectivity index (χ0) is 21.9. The molecule has 0 N–H and O–H groups in total. The fourth-order valence-corrected chi connectivity index (χ4v) is 5.93. The van der Waals surface area contributed by atoms with Gasteiger partial charge in [-0.15, -0.1) is 0 Å². The van der Waals surface area contributed by atoms with Gasteiger partial charge in [0.25, 0.3) is 0 Å². The molecule has 0 atom stereocenters. The van der Waals surface area contributed by atoms with E-state index < -0.39 is 0 Å². The van der Waals surface area contributed by atoms with Gasteiger partial charge in [-0.25, -0.2) is 0 Å². The zero-order valence-corrected chi connectivity index (χ0v) is 19.3. The molecule has 0 amide bonds. The lowest BCUT2D eigenvalue weighted by atomic mass is 9.83. The molecule has 1 aliphatic rings. The summed E-state index contributed by atoms with van der Waals surface area (Å²) in [6, 6.07) is 34.8. The second-order valence-corrected chi connectivity index (χ2v) is 9.33. The molecule has 0 saturated carbocycles. The molecular weight excluding hydrogens is 466 g/mol. The maximum Gasteiger partial charge on any atom is 0.0353 e. The van der Waals surface area contributed by atoms with Crippen LogP contribution in [0.2, 0.25) is 0 Å². The Hall–Kier alpha value is -3.75. The Morgan fingerprint density at radius 3 is 1.82 bits per heavy atom. The third kappa shape index (κ3) is 2.62. The Morgan fingerprint density at radius 1 is 0.485 bits per heavy atom. The number of halogens is 1. The van der Waals surface area contributed by atoms with Crippen LogP contribution >= 0.6 is 15.9 Å². The van der Waals surface area contributed by atoms with Crippen molar-refractivity contribution in [2.24, 2.45) is 0 Å². The molecule has 0 spiro atoms. The summed E-state index contributed by atoms with van der Waals surface area (Å²) in [5.74, 6) is 0. The van der Waals surface area contributed by atoms with Crippen molar-refractivity contribution in [1.29, 1.82) is 0 Å². The number of aromatic nitrogens is 1. The van der Waals surface area contributed by atoms with Gasteiger partial charge < -0.3 is 0 Å². The minimum atomic E-state index is 1.13. The fourth-order valence-electron chi connectivity index (χ4n) is 5.47. The van der Waals surface area contributed by atoms with Crippen molar-refractivity contribution in [3.8, 4) is 44.5 Å². The first-order valence-corrected chi connectivity index (χ1v) is 11.9. The summed E-state index contributed by atoms with van der Waals surface area (Å²) in [5, 5.41) is 4.99. The number of hydrogen-bond acceptors (Lipinski definition) is 1. The quantitative estimate of drug-likeness (QED) is 0.238. The molecule has 7 rings (SSSR count). The first-order chi connectivity index (χ1) is 16.3. The van der Waals surface area contributed by atoms with E-state index in [9.17, 15) is 0 Å². The van der Waals surface area contributed by atoms with Crippen LogP contribution in [0.1, 0.15) is 0 Å². The summed E-state index contributed by atoms with van der Waals surface area (Å²) < 4.78 is 1.13. The van der Waals surface area contributed by atoms with Crippen molar-refractivity contribution in [3.63, 3.8) is 0 Å². The van der Waals surface area contributed by atoms with E-state index >= 15 is 0 Å². The monoisotopic (exact) mass is 483 g/mol. The third-order valence-corrected chi connectivity index (χ3v) is 7.45.